The second kappa shape index (κ2) is 11.2. The molecule has 0 radical (unpaired) electrons. The van der Waals surface area contributed by atoms with Crippen molar-refractivity contribution in [3.63, 3.8) is 0 Å². The molecule has 0 unspecified atom stereocenters. The van der Waals surface area contributed by atoms with Crippen molar-refractivity contribution in [2.75, 3.05) is 18.5 Å². The Bertz CT molecular complexity index is 1070. The van der Waals surface area contributed by atoms with Gasteiger partial charge < -0.3 is 14.8 Å². The number of thiophene rings is 1. The Morgan fingerprint density at radius 1 is 1.12 bits per heavy atom. The maximum absolute atomic E-state index is 12.3. The van der Waals surface area contributed by atoms with Gasteiger partial charge in [0, 0.05) is 11.3 Å². The first-order valence-corrected chi connectivity index (χ1v) is 12.1. The number of esters is 2. The van der Waals surface area contributed by atoms with Crippen LogP contribution in [0.1, 0.15) is 59.8 Å². The summed E-state index contributed by atoms with van der Waals surface area (Å²) in [6, 6.07) is 9.64. The van der Waals surface area contributed by atoms with Crippen molar-refractivity contribution in [2.45, 2.75) is 46.0 Å². The quantitative estimate of drug-likeness (QED) is 0.408. The van der Waals surface area contributed by atoms with Gasteiger partial charge in [-0.2, -0.15) is 0 Å². The minimum Gasteiger partial charge on any atom is -0.462 e. The van der Waals surface area contributed by atoms with Gasteiger partial charge in [0.1, 0.15) is 5.00 Å². The van der Waals surface area contributed by atoms with E-state index in [1.54, 1.807) is 24.3 Å². The van der Waals surface area contributed by atoms with Gasteiger partial charge in [-0.1, -0.05) is 26.0 Å². The van der Waals surface area contributed by atoms with Crippen molar-refractivity contribution in [1.82, 2.24) is 4.98 Å². The summed E-state index contributed by atoms with van der Waals surface area (Å²) in [5, 5.41) is 4.05. The molecule has 3 rings (SSSR count). The van der Waals surface area contributed by atoms with E-state index in [-0.39, 0.29) is 18.9 Å². The number of rotatable bonds is 10. The standard InChI is InChI=1S/C23H26N2O5S2/c1-4-29-23(28)15-12-18(14(2)3)32-22(15)25-19(26)13-30-21(27)11-7-10-20-24-16-8-5-6-9-17(16)31-20/h5-6,8-9,12,14H,4,7,10-11,13H2,1-3H3,(H,25,26). The number of fused-ring (bicyclic) bond motifs is 1. The van der Waals surface area contributed by atoms with Crippen molar-refractivity contribution in [3.05, 3.63) is 45.8 Å². The number of anilines is 1. The number of carbonyl (C=O) groups is 3. The van der Waals surface area contributed by atoms with Crippen molar-refractivity contribution < 1.29 is 23.9 Å². The maximum atomic E-state index is 12.3. The molecule has 0 aliphatic heterocycles. The van der Waals surface area contributed by atoms with Crippen LogP contribution in [-0.2, 0) is 25.5 Å². The third-order valence-corrected chi connectivity index (χ3v) is 6.99. The molecule has 2 aromatic heterocycles. The second-order valence-electron chi connectivity index (χ2n) is 7.40. The number of nitrogens with one attached hydrogen (secondary N) is 1. The molecule has 1 aromatic carbocycles. The van der Waals surface area contributed by atoms with E-state index in [2.05, 4.69) is 10.3 Å². The highest BCUT2D eigenvalue weighted by Gasteiger charge is 2.20. The Morgan fingerprint density at radius 2 is 1.91 bits per heavy atom. The lowest BCUT2D eigenvalue weighted by molar-refractivity contribution is -0.147. The molecule has 0 saturated carbocycles. The van der Waals surface area contributed by atoms with Crippen molar-refractivity contribution in [3.8, 4) is 0 Å². The lowest BCUT2D eigenvalue weighted by Crippen LogP contribution is -2.21. The smallest absolute Gasteiger partial charge is 0.341 e. The summed E-state index contributed by atoms with van der Waals surface area (Å²) in [5.74, 6) is -1.22. The number of aromatic nitrogens is 1. The van der Waals surface area contributed by atoms with Crippen LogP contribution in [0.4, 0.5) is 5.00 Å². The van der Waals surface area contributed by atoms with E-state index < -0.39 is 24.5 Å². The molecule has 0 saturated heterocycles. The summed E-state index contributed by atoms with van der Waals surface area (Å²) >= 11 is 2.93. The highest BCUT2D eigenvalue weighted by molar-refractivity contribution is 7.18. The number of hydrogen-bond acceptors (Lipinski definition) is 8. The highest BCUT2D eigenvalue weighted by atomic mass is 32.1. The molecular formula is C23H26N2O5S2. The fourth-order valence-electron chi connectivity index (χ4n) is 2.94. The topological polar surface area (TPSA) is 94.6 Å². The number of nitrogens with zero attached hydrogens (tertiary/aromatic N) is 1. The van der Waals surface area contributed by atoms with Gasteiger partial charge in [-0.15, -0.1) is 22.7 Å². The molecule has 7 nitrogen and oxygen atoms in total. The molecule has 0 bridgehead atoms. The van der Waals surface area contributed by atoms with Crippen LogP contribution in [0.3, 0.4) is 0 Å². The predicted octanol–water partition coefficient (Wildman–Crippen LogP) is 5.16. The summed E-state index contributed by atoms with van der Waals surface area (Å²) in [6.07, 6.45) is 1.47. The Balaban J connectivity index is 1.46. The number of hydrogen-bond donors (Lipinski definition) is 1. The van der Waals surface area contributed by atoms with E-state index in [9.17, 15) is 14.4 Å². The molecule has 32 heavy (non-hydrogen) atoms. The Kier molecular flexibility index (Phi) is 8.35. The zero-order chi connectivity index (χ0) is 23.1. The molecule has 0 aliphatic carbocycles. The fourth-order valence-corrected chi connectivity index (χ4v) is 5.01. The molecule has 1 amide bonds. The first-order valence-electron chi connectivity index (χ1n) is 10.5. The van der Waals surface area contributed by atoms with Gasteiger partial charge in [-0.25, -0.2) is 9.78 Å². The number of para-hydroxylation sites is 1. The molecular weight excluding hydrogens is 448 g/mol. The van der Waals surface area contributed by atoms with Gasteiger partial charge in [0.05, 0.1) is 27.4 Å². The number of thiazole rings is 1. The average molecular weight is 475 g/mol. The number of aryl methyl sites for hydroxylation is 1. The normalized spacial score (nSPS) is 11.0. The van der Waals surface area contributed by atoms with Gasteiger partial charge in [-0.3, -0.25) is 9.59 Å². The van der Waals surface area contributed by atoms with E-state index in [0.717, 1.165) is 20.1 Å². The lowest BCUT2D eigenvalue weighted by Gasteiger charge is -2.07. The SMILES string of the molecule is CCOC(=O)c1cc(C(C)C)sc1NC(=O)COC(=O)CCCc1nc2ccccc2s1. The van der Waals surface area contributed by atoms with E-state index >= 15 is 0 Å². The number of ether oxygens (including phenoxy) is 2. The molecule has 0 atom stereocenters. The number of carbonyl (C=O) groups excluding carboxylic acids is 3. The van der Waals surface area contributed by atoms with E-state index in [1.165, 1.54) is 11.3 Å². The van der Waals surface area contributed by atoms with Gasteiger partial charge in [0.2, 0.25) is 0 Å². The van der Waals surface area contributed by atoms with E-state index in [4.69, 9.17) is 9.47 Å². The Hall–Kier alpha value is -2.78. The van der Waals surface area contributed by atoms with Crippen molar-refractivity contribution in [2.24, 2.45) is 0 Å². The van der Waals surface area contributed by atoms with Gasteiger partial charge in [-0.05, 0) is 43.9 Å². The molecule has 0 fully saturated rings. The molecule has 1 N–H and O–H groups in total. The first-order chi connectivity index (χ1) is 15.4. The molecule has 170 valence electrons. The summed E-state index contributed by atoms with van der Waals surface area (Å²) in [5.41, 5.74) is 1.28. The third kappa shape index (κ3) is 6.37. The summed E-state index contributed by atoms with van der Waals surface area (Å²) in [4.78, 5) is 42.0. The van der Waals surface area contributed by atoms with E-state index in [1.807, 2.05) is 38.1 Å². The predicted molar refractivity (Wildman–Crippen MR) is 127 cm³/mol. The first kappa shape index (κ1) is 23.9. The second-order valence-corrected chi connectivity index (χ2v) is 9.60. The van der Waals surface area contributed by atoms with Crippen LogP contribution < -0.4 is 5.32 Å². The van der Waals surface area contributed by atoms with Gasteiger partial charge in [0.15, 0.2) is 6.61 Å². The largest absolute Gasteiger partial charge is 0.462 e. The van der Waals surface area contributed by atoms with Crippen LogP contribution in [-0.4, -0.2) is 36.0 Å². The minimum atomic E-state index is -0.493. The average Bonchev–Trinajstić information content (AvgIpc) is 3.36. The molecule has 2 heterocycles. The van der Waals surface area contributed by atoms with Gasteiger partial charge >= 0.3 is 11.9 Å². The van der Waals surface area contributed by atoms with Gasteiger partial charge in [0.25, 0.3) is 5.91 Å². The Morgan fingerprint density at radius 3 is 2.62 bits per heavy atom. The maximum Gasteiger partial charge on any atom is 0.341 e. The zero-order valence-corrected chi connectivity index (χ0v) is 19.9. The molecule has 3 aromatic rings. The molecule has 0 spiro atoms. The van der Waals surface area contributed by atoms with Crippen LogP contribution >= 0.6 is 22.7 Å². The number of benzene rings is 1. The number of amides is 1. The highest BCUT2D eigenvalue weighted by Crippen LogP contribution is 2.33. The lowest BCUT2D eigenvalue weighted by atomic mass is 10.1. The summed E-state index contributed by atoms with van der Waals surface area (Å²) in [6.45, 7) is 5.57. The van der Waals surface area contributed by atoms with Crippen LogP contribution in [0, 0.1) is 0 Å². The molecule has 0 aliphatic rings. The summed E-state index contributed by atoms with van der Waals surface area (Å²) < 4.78 is 11.3. The van der Waals surface area contributed by atoms with Crippen molar-refractivity contribution in [1.29, 1.82) is 0 Å². The minimum absolute atomic E-state index is 0.201. The van der Waals surface area contributed by atoms with Crippen LogP contribution in [0.5, 0.6) is 0 Å². The van der Waals surface area contributed by atoms with Crippen molar-refractivity contribution >= 4 is 55.7 Å². The van der Waals surface area contributed by atoms with E-state index in [0.29, 0.717) is 23.4 Å². The zero-order valence-electron chi connectivity index (χ0n) is 18.3. The fraction of sp³-hybridized carbons (Fsp3) is 0.391. The van der Waals surface area contributed by atoms with Crippen LogP contribution in [0.25, 0.3) is 10.2 Å². The Labute approximate surface area is 194 Å². The van der Waals surface area contributed by atoms with Crippen LogP contribution in [0.15, 0.2) is 30.3 Å². The summed E-state index contributed by atoms with van der Waals surface area (Å²) in [7, 11) is 0. The third-order valence-electron chi connectivity index (χ3n) is 4.54. The monoisotopic (exact) mass is 474 g/mol. The van der Waals surface area contributed by atoms with Crippen LogP contribution in [0.2, 0.25) is 0 Å². The molecule has 9 heteroatoms.